The summed E-state index contributed by atoms with van der Waals surface area (Å²) in [6.45, 7) is 0.816. The van der Waals surface area contributed by atoms with Crippen molar-refractivity contribution >= 4 is 27.2 Å². The van der Waals surface area contributed by atoms with Crippen LogP contribution in [-0.2, 0) is 14.6 Å². The van der Waals surface area contributed by atoms with E-state index >= 15 is 0 Å². The molecule has 1 fully saturated rings. The highest BCUT2D eigenvalue weighted by Crippen LogP contribution is 2.35. The molecule has 114 valence electrons. The lowest BCUT2D eigenvalue weighted by Crippen LogP contribution is -2.47. The molecule has 1 N–H and O–H groups in total. The Morgan fingerprint density at radius 3 is 2.57 bits per heavy atom. The van der Waals surface area contributed by atoms with Crippen molar-refractivity contribution in [3.63, 3.8) is 0 Å². The summed E-state index contributed by atoms with van der Waals surface area (Å²) in [5, 5.41) is 19.8. The minimum atomic E-state index is -3.52. The van der Waals surface area contributed by atoms with Crippen molar-refractivity contribution in [1.82, 2.24) is 0 Å². The third-order valence-electron chi connectivity index (χ3n) is 3.33. The first-order valence-corrected chi connectivity index (χ1v) is 8.03. The highest BCUT2D eigenvalue weighted by atomic mass is 32.2. The number of carboxylic acid groups (broad SMARTS) is 1. The number of hydrogen-bond donors (Lipinski definition) is 1. The Labute approximate surface area is 121 Å². The van der Waals surface area contributed by atoms with Crippen molar-refractivity contribution in [3.8, 4) is 0 Å². The molecule has 1 aromatic rings. The van der Waals surface area contributed by atoms with Crippen LogP contribution in [0.15, 0.2) is 23.1 Å². The zero-order valence-corrected chi connectivity index (χ0v) is 12.0. The molecule has 1 saturated heterocycles. The van der Waals surface area contributed by atoms with Crippen LogP contribution in [-0.4, -0.2) is 43.8 Å². The molecule has 1 aliphatic rings. The Hall–Kier alpha value is -2.16. The number of nitrogens with zero attached hydrogens (tertiary/aromatic N) is 2. The number of carbonyl (C=O) groups is 1. The summed E-state index contributed by atoms with van der Waals surface area (Å²) in [6.07, 6.45) is 1.00. The number of rotatable bonds is 5. The second-order valence-corrected chi connectivity index (χ2v) is 7.06. The molecule has 0 aliphatic carbocycles. The molecular formula is C12H14N2O6S. The number of aliphatic carboxylic acids is 1. The highest BCUT2D eigenvalue weighted by molar-refractivity contribution is 7.90. The minimum Gasteiger partial charge on any atom is -0.481 e. The number of nitro benzene ring substituents is 1. The third-order valence-corrected chi connectivity index (χ3v) is 4.44. The van der Waals surface area contributed by atoms with Gasteiger partial charge in [0.2, 0.25) is 0 Å². The number of carboxylic acids is 1. The zero-order chi connectivity index (χ0) is 15.8. The van der Waals surface area contributed by atoms with E-state index in [0.29, 0.717) is 18.8 Å². The molecule has 8 nitrogen and oxygen atoms in total. The molecule has 0 unspecified atom stereocenters. The topological polar surface area (TPSA) is 118 Å². The van der Waals surface area contributed by atoms with Gasteiger partial charge in [-0.2, -0.15) is 0 Å². The maximum Gasteiger partial charge on any atom is 0.303 e. The van der Waals surface area contributed by atoms with Gasteiger partial charge in [-0.3, -0.25) is 14.9 Å². The molecule has 21 heavy (non-hydrogen) atoms. The van der Waals surface area contributed by atoms with Crippen LogP contribution in [0.2, 0.25) is 0 Å². The van der Waals surface area contributed by atoms with Crippen molar-refractivity contribution in [2.75, 3.05) is 24.2 Å². The lowest BCUT2D eigenvalue weighted by molar-refractivity contribution is -0.384. The van der Waals surface area contributed by atoms with Gasteiger partial charge in [-0.1, -0.05) is 0 Å². The van der Waals surface area contributed by atoms with Crippen LogP contribution in [0.3, 0.4) is 0 Å². The zero-order valence-electron chi connectivity index (χ0n) is 11.2. The molecule has 1 heterocycles. The fourth-order valence-electron chi connectivity index (χ4n) is 2.29. The Balaban J connectivity index is 2.25. The van der Waals surface area contributed by atoms with Crippen LogP contribution in [0, 0.1) is 16.0 Å². The van der Waals surface area contributed by atoms with E-state index in [1.165, 1.54) is 12.1 Å². The van der Waals surface area contributed by atoms with Gasteiger partial charge in [0.1, 0.15) is 5.69 Å². The van der Waals surface area contributed by atoms with E-state index in [4.69, 9.17) is 5.11 Å². The Morgan fingerprint density at radius 2 is 2.10 bits per heavy atom. The van der Waals surface area contributed by atoms with E-state index in [1.807, 2.05) is 0 Å². The van der Waals surface area contributed by atoms with E-state index in [-0.39, 0.29) is 22.9 Å². The fourth-order valence-corrected chi connectivity index (χ4v) is 2.93. The van der Waals surface area contributed by atoms with E-state index < -0.39 is 20.7 Å². The van der Waals surface area contributed by atoms with Gasteiger partial charge in [-0.05, 0) is 12.1 Å². The monoisotopic (exact) mass is 314 g/mol. The van der Waals surface area contributed by atoms with Crippen LogP contribution < -0.4 is 4.90 Å². The molecule has 1 aromatic carbocycles. The van der Waals surface area contributed by atoms with E-state index in [0.717, 1.165) is 12.3 Å². The molecule has 0 saturated carbocycles. The van der Waals surface area contributed by atoms with E-state index in [1.54, 1.807) is 4.90 Å². The Kier molecular flexibility index (Phi) is 3.86. The minimum absolute atomic E-state index is 0.0196. The second kappa shape index (κ2) is 5.32. The molecule has 1 aliphatic heterocycles. The molecule has 0 atom stereocenters. The van der Waals surface area contributed by atoms with Crippen molar-refractivity contribution in [2.45, 2.75) is 11.3 Å². The van der Waals surface area contributed by atoms with Gasteiger partial charge in [0.15, 0.2) is 9.84 Å². The van der Waals surface area contributed by atoms with Gasteiger partial charge in [0.05, 0.1) is 16.2 Å². The lowest BCUT2D eigenvalue weighted by atomic mass is 9.95. The van der Waals surface area contributed by atoms with Crippen LogP contribution >= 0.6 is 0 Å². The normalized spacial score (nSPS) is 15.6. The molecule has 2 rings (SSSR count). The fraction of sp³-hybridized carbons (Fsp3) is 0.417. The van der Waals surface area contributed by atoms with Crippen molar-refractivity contribution in [2.24, 2.45) is 5.92 Å². The highest BCUT2D eigenvalue weighted by Gasteiger charge is 2.33. The van der Waals surface area contributed by atoms with Crippen molar-refractivity contribution < 1.29 is 23.2 Å². The summed E-state index contributed by atoms with van der Waals surface area (Å²) in [5.74, 6) is -0.946. The number of sulfone groups is 1. The number of benzene rings is 1. The number of nitro groups is 1. The van der Waals surface area contributed by atoms with E-state index in [2.05, 4.69) is 0 Å². The predicted molar refractivity (Wildman–Crippen MR) is 74.2 cm³/mol. The van der Waals surface area contributed by atoms with Crippen LogP contribution in [0.1, 0.15) is 6.42 Å². The average molecular weight is 314 g/mol. The smallest absolute Gasteiger partial charge is 0.303 e. The predicted octanol–water partition coefficient (Wildman–Crippen LogP) is 0.909. The Bertz CT molecular complexity index is 694. The average Bonchev–Trinajstić information content (AvgIpc) is 2.31. The van der Waals surface area contributed by atoms with Crippen LogP contribution in [0.4, 0.5) is 11.4 Å². The Morgan fingerprint density at radius 1 is 1.48 bits per heavy atom. The van der Waals surface area contributed by atoms with E-state index in [9.17, 15) is 23.3 Å². The van der Waals surface area contributed by atoms with Gasteiger partial charge in [-0.15, -0.1) is 0 Å². The van der Waals surface area contributed by atoms with Crippen molar-refractivity contribution in [1.29, 1.82) is 0 Å². The molecule has 0 bridgehead atoms. The molecule has 0 spiro atoms. The van der Waals surface area contributed by atoms with Crippen LogP contribution in [0.5, 0.6) is 0 Å². The maximum absolute atomic E-state index is 11.4. The quantitative estimate of drug-likeness (QED) is 0.634. The first kappa shape index (κ1) is 15.2. The maximum atomic E-state index is 11.4. The molecule has 9 heteroatoms. The second-order valence-electron chi connectivity index (χ2n) is 5.05. The summed E-state index contributed by atoms with van der Waals surface area (Å²) in [6, 6.07) is 3.75. The van der Waals surface area contributed by atoms with Gasteiger partial charge >= 0.3 is 5.97 Å². The molecule has 0 radical (unpaired) electrons. The summed E-state index contributed by atoms with van der Waals surface area (Å²) in [5.41, 5.74) is 0.0285. The number of hydrogen-bond acceptors (Lipinski definition) is 6. The molecular weight excluding hydrogens is 300 g/mol. The summed E-state index contributed by atoms with van der Waals surface area (Å²) in [7, 11) is -3.52. The summed E-state index contributed by atoms with van der Waals surface area (Å²) < 4.78 is 22.9. The first-order valence-electron chi connectivity index (χ1n) is 6.13. The lowest BCUT2D eigenvalue weighted by Gasteiger charge is -2.40. The van der Waals surface area contributed by atoms with Gasteiger partial charge in [0, 0.05) is 31.3 Å². The molecule has 0 aromatic heterocycles. The summed E-state index contributed by atoms with van der Waals surface area (Å²) in [4.78, 5) is 22.6. The summed E-state index contributed by atoms with van der Waals surface area (Å²) >= 11 is 0. The van der Waals surface area contributed by atoms with Gasteiger partial charge in [-0.25, -0.2) is 8.42 Å². The van der Waals surface area contributed by atoms with Gasteiger partial charge in [0.25, 0.3) is 5.69 Å². The standard InChI is InChI=1S/C12H14N2O6S/c1-21(19,20)9-2-3-10(11(5-9)14(17)18)13-6-8(7-13)4-12(15)16/h2-3,5,8H,4,6-7H2,1H3,(H,15,16). The first-order chi connectivity index (χ1) is 9.68. The third kappa shape index (κ3) is 3.30. The van der Waals surface area contributed by atoms with Crippen LogP contribution in [0.25, 0.3) is 0 Å². The SMILES string of the molecule is CS(=O)(=O)c1ccc(N2CC(CC(=O)O)C2)c([N+](=O)[O-])c1. The number of anilines is 1. The van der Waals surface area contributed by atoms with Crippen molar-refractivity contribution in [3.05, 3.63) is 28.3 Å². The largest absolute Gasteiger partial charge is 0.481 e. The van der Waals surface area contributed by atoms with Gasteiger partial charge < -0.3 is 10.0 Å². The molecule has 0 amide bonds.